The monoisotopic (exact) mass is 82.0 g/mol. The van der Waals surface area contributed by atoms with E-state index in [4.69, 9.17) is 0 Å². The predicted molar refractivity (Wildman–Crippen MR) is 17.2 cm³/mol. The van der Waals surface area contributed by atoms with Crippen LogP contribution in [0.4, 0.5) is 0 Å². The molecule has 26 valence electrons. The van der Waals surface area contributed by atoms with Crippen LogP contribution in [0.3, 0.4) is 0 Å². The second kappa shape index (κ2) is 8.88. The fraction of sp³-hybridized carbons (Fsp3) is 0.667. The number of methoxy groups -OCH3 is 1. The van der Waals surface area contributed by atoms with Crippen LogP contribution in [0.2, 0.25) is 0 Å². The van der Waals surface area contributed by atoms with Gasteiger partial charge in [-0.3, -0.25) is 0 Å². The molecule has 2 heteroatoms. The van der Waals surface area contributed by atoms with Gasteiger partial charge in [0.25, 0.3) is 0 Å². The zero-order valence-electron chi connectivity index (χ0n) is 3.82. The van der Waals surface area contributed by atoms with E-state index in [9.17, 15) is 0 Å². The van der Waals surface area contributed by atoms with Crippen molar-refractivity contribution in [2.45, 2.75) is 0 Å². The first-order valence-corrected chi connectivity index (χ1v) is 1.20. The molecule has 0 unspecified atom stereocenters. The number of hydrogen-bond donors (Lipinski definition) is 0. The van der Waals surface area contributed by atoms with Gasteiger partial charge in [0.1, 0.15) is 0 Å². The van der Waals surface area contributed by atoms with E-state index < -0.39 is 0 Å². The van der Waals surface area contributed by atoms with Crippen LogP contribution in [0.1, 0.15) is 0 Å². The van der Waals surface area contributed by atoms with E-state index in [0.717, 1.165) is 0 Å². The topological polar surface area (TPSA) is 9.23 Å². The molecule has 0 aliphatic carbocycles. The minimum absolute atomic E-state index is 0. The largest absolute Gasteiger partial charge is 1.00 e. The van der Waals surface area contributed by atoms with E-state index in [0.29, 0.717) is 6.61 Å². The summed E-state index contributed by atoms with van der Waals surface area (Å²) in [6, 6.07) is 0. The van der Waals surface area contributed by atoms with Crippen LogP contribution in [0.25, 0.3) is 0 Å². The van der Waals surface area contributed by atoms with E-state index in [-0.39, 0.29) is 29.6 Å². The number of ether oxygens (including phenoxy) is 1. The third kappa shape index (κ3) is 11.3. The SMILES string of the molecule is [CH2-]COC.[Na+]. The van der Waals surface area contributed by atoms with Crippen LogP contribution >= 0.6 is 0 Å². The first kappa shape index (κ1) is 9.35. The van der Waals surface area contributed by atoms with Crippen LogP contribution in [0.15, 0.2) is 0 Å². The van der Waals surface area contributed by atoms with Crippen molar-refractivity contribution in [3.63, 3.8) is 0 Å². The maximum atomic E-state index is 4.43. The summed E-state index contributed by atoms with van der Waals surface area (Å²) in [5.41, 5.74) is 0. The van der Waals surface area contributed by atoms with Gasteiger partial charge < -0.3 is 11.7 Å². The summed E-state index contributed by atoms with van der Waals surface area (Å²) in [6.45, 7) is 3.95. The van der Waals surface area contributed by atoms with Crippen LogP contribution < -0.4 is 29.6 Å². The quantitative estimate of drug-likeness (QED) is 0.250. The molecule has 0 aromatic heterocycles. The molecule has 0 saturated carbocycles. The first-order chi connectivity index (χ1) is 1.91. The average molecular weight is 82.1 g/mol. The van der Waals surface area contributed by atoms with Crippen molar-refractivity contribution < 1.29 is 34.3 Å². The molecule has 1 nitrogen and oxygen atoms in total. The minimum Gasteiger partial charge on any atom is -0.417 e. The Hall–Kier alpha value is 0.960. The fourth-order valence-electron chi connectivity index (χ4n) is 0. The van der Waals surface area contributed by atoms with E-state index in [1.807, 2.05) is 0 Å². The predicted octanol–water partition coefficient (Wildman–Crippen LogP) is -2.53. The Balaban J connectivity index is 0. The zero-order chi connectivity index (χ0) is 3.41. The van der Waals surface area contributed by atoms with Gasteiger partial charge in [-0.15, -0.1) is 0 Å². The van der Waals surface area contributed by atoms with Gasteiger partial charge in [-0.1, -0.05) is 6.61 Å². The number of rotatable bonds is 1. The maximum absolute atomic E-state index is 4.43. The van der Waals surface area contributed by atoms with Gasteiger partial charge in [0.2, 0.25) is 0 Å². The second-order valence-corrected chi connectivity index (χ2v) is 0.493. The fourth-order valence-corrected chi connectivity index (χ4v) is 0. The molecule has 0 aliphatic rings. The van der Waals surface area contributed by atoms with Gasteiger partial charge in [0.05, 0.1) is 0 Å². The molecule has 0 saturated heterocycles. The molecule has 0 aromatic rings. The summed E-state index contributed by atoms with van der Waals surface area (Å²) in [5.74, 6) is 0. The molecule has 0 heterocycles. The summed E-state index contributed by atoms with van der Waals surface area (Å²) < 4.78 is 4.43. The van der Waals surface area contributed by atoms with E-state index in [1.165, 1.54) is 0 Å². The summed E-state index contributed by atoms with van der Waals surface area (Å²) in [7, 11) is 1.62. The molecular formula is C3H7NaO. The molecule has 0 bridgehead atoms. The summed E-state index contributed by atoms with van der Waals surface area (Å²) in [5, 5.41) is 0. The summed E-state index contributed by atoms with van der Waals surface area (Å²) >= 11 is 0. The van der Waals surface area contributed by atoms with E-state index in [1.54, 1.807) is 7.11 Å². The molecule has 0 radical (unpaired) electrons. The van der Waals surface area contributed by atoms with E-state index in [2.05, 4.69) is 11.7 Å². The Labute approximate surface area is 55.0 Å². The Kier molecular flexibility index (Phi) is 16.6. The van der Waals surface area contributed by atoms with Crippen molar-refractivity contribution in [2.75, 3.05) is 13.7 Å². The smallest absolute Gasteiger partial charge is 0.417 e. The van der Waals surface area contributed by atoms with Gasteiger partial charge in [0.15, 0.2) is 0 Å². The first-order valence-electron chi connectivity index (χ1n) is 1.20. The zero-order valence-corrected chi connectivity index (χ0v) is 5.82. The summed E-state index contributed by atoms with van der Waals surface area (Å²) in [4.78, 5) is 0. The Bertz CT molecular complexity index is 8.85. The molecule has 5 heavy (non-hydrogen) atoms. The third-order valence-corrected chi connectivity index (χ3v) is 0.204. The van der Waals surface area contributed by atoms with Crippen molar-refractivity contribution in [3.05, 3.63) is 6.92 Å². The molecule has 0 fully saturated rings. The normalized spacial score (nSPS) is 6.00. The molecule has 0 aliphatic heterocycles. The van der Waals surface area contributed by atoms with Crippen molar-refractivity contribution in [1.29, 1.82) is 0 Å². The van der Waals surface area contributed by atoms with Crippen molar-refractivity contribution >= 4 is 0 Å². The van der Waals surface area contributed by atoms with Gasteiger partial charge in [0, 0.05) is 7.11 Å². The molecule has 0 spiro atoms. The molecule has 0 N–H and O–H groups in total. The van der Waals surface area contributed by atoms with Crippen LogP contribution in [-0.2, 0) is 4.74 Å². The third-order valence-electron chi connectivity index (χ3n) is 0.204. The number of hydrogen-bond acceptors (Lipinski definition) is 1. The van der Waals surface area contributed by atoms with Crippen LogP contribution in [-0.4, -0.2) is 13.7 Å². The molecule has 0 rings (SSSR count). The molecule has 0 aromatic carbocycles. The molecule has 0 amide bonds. The van der Waals surface area contributed by atoms with Gasteiger partial charge in [-0.2, -0.15) is 0 Å². The van der Waals surface area contributed by atoms with Gasteiger partial charge in [-0.05, 0) is 0 Å². The molecular weight excluding hydrogens is 75.0 g/mol. The van der Waals surface area contributed by atoms with Crippen LogP contribution in [0, 0.1) is 6.92 Å². The average Bonchev–Trinajstić information content (AvgIpc) is 1.37. The Morgan fingerprint density at radius 2 is 2.00 bits per heavy atom. The van der Waals surface area contributed by atoms with Gasteiger partial charge >= 0.3 is 29.6 Å². The van der Waals surface area contributed by atoms with Crippen LogP contribution in [0.5, 0.6) is 0 Å². The molecule has 0 atom stereocenters. The minimum atomic E-state index is 0. The summed E-state index contributed by atoms with van der Waals surface area (Å²) in [6.07, 6.45) is 0. The van der Waals surface area contributed by atoms with Crippen molar-refractivity contribution in [2.24, 2.45) is 0 Å². The van der Waals surface area contributed by atoms with Crippen molar-refractivity contribution in [1.82, 2.24) is 0 Å². The second-order valence-electron chi connectivity index (χ2n) is 0.493. The maximum Gasteiger partial charge on any atom is 1.00 e. The Morgan fingerprint density at radius 1 is 1.80 bits per heavy atom. The Morgan fingerprint density at radius 3 is 2.00 bits per heavy atom. The van der Waals surface area contributed by atoms with E-state index >= 15 is 0 Å². The van der Waals surface area contributed by atoms with Crippen molar-refractivity contribution in [3.8, 4) is 0 Å². The standard InChI is InChI=1S/C3H7O.Na/c1-3-4-2;/h1,3H2,2H3;/q-1;+1. The van der Waals surface area contributed by atoms with Gasteiger partial charge in [-0.25, -0.2) is 0 Å².